The van der Waals surface area contributed by atoms with Crippen molar-refractivity contribution in [3.05, 3.63) is 64.7 Å². The predicted octanol–water partition coefficient (Wildman–Crippen LogP) is 0.950. The zero-order valence-electron chi connectivity index (χ0n) is 10.6. The fourth-order valence-electron chi connectivity index (χ4n) is 1.74. The number of nitrogens with one attached hydrogen (secondary N) is 1. The monoisotopic (exact) mass is 289 g/mol. The molecular weight excluding hydrogens is 276 g/mol. The summed E-state index contributed by atoms with van der Waals surface area (Å²) in [6, 6.07) is 13.3. The van der Waals surface area contributed by atoms with E-state index in [4.69, 9.17) is 21.6 Å². The van der Waals surface area contributed by atoms with Crippen LogP contribution in [0.25, 0.3) is 0 Å². The minimum atomic E-state index is -1.53. The van der Waals surface area contributed by atoms with E-state index in [2.05, 4.69) is 5.32 Å². The second kappa shape index (κ2) is 6.57. The maximum absolute atomic E-state index is 11.9. The molecule has 2 rings (SSSR count). The van der Waals surface area contributed by atoms with Crippen molar-refractivity contribution in [3.8, 4) is 0 Å². The summed E-state index contributed by atoms with van der Waals surface area (Å²) in [7, 11) is -1.53. The van der Waals surface area contributed by atoms with Gasteiger partial charge in [-0.2, -0.15) is 0 Å². The molecule has 0 bridgehead atoms. The second-order valence-corrected chi connectivity index (χ2v) is 4.74. The van der Waals surface area contributed by atoms with Crippen molar-refractivity contribution in [2.24, 2.45) is 0 Å². The number of carbonyl (C=O) groups is 1. The smallest absolute Gasteiger partial charge is 0.423 e. The van der Waals surface area contributed by atoms with Gasteiger partial charge in [0.25, 0.3) is 5.91 Å². The van der Waals surface area contributed by atoms with Gasteiger partial charge in [0.2, 0.25) is 0 Å². The van der Waals surface area contributed by atoms with Gasteiger partial charge in [-0.1, -0.05) is 35.9 Å². The van der Waals surface area contributed by atoms with Gasteiger partial charge in [-0.3, -0.25) is 4.79 Å². The van der Waals surface area contributed by atoms with Crippen molar-refractivity contribution in [2.75, 3.05) is 0 Å². The Morgan fingerprint density at radius 3 is 2.45 bits per heavy atom. The SMILES string of the molecule is O=C(NCc1cccc(Cl)c1)c1ccc(B(O)O)cc1. The lowest BCUT2D eigenvalue weighted by Gasteiger charge is -2.06. The average molecular weight is 290 g/mol. The van der Waals surface area contributed by atoms with Crippen LogP contribution >= 0.6 is 11.6 Å². The number of amides is 1. The highest BCUT2D eigenvalue weighted by molar-refractivity contribution is 6.58. The Morgan fingerprint density at radius 1 is 1.15 bits per heavy atom. The summed E-state index contributed by atoms with van der Waals surface area (Å²) in [4.78, 5) is 11.9. The Bertz CT molecular complexity index is 602. The van der Waals surface area contributed by atoms with Crippen LogP contribution in [0, 0.1) is 0 Å². The fraction of sp³-hybridized carbons (Fsp3) is 0.0714. The molecule has 0 spiro atoms. The van der Waals surface area contributed by atoms with Gasteiger partial charge in [-0.25, -0.2) is 0 Å². The van der Waals surface area contributed by atoms with E-state index in [-0.39, 0.29) is 5.91 Å². The third-order valence-electron chi connectivity index (χ3n) is 2.81. The summed E-state index contributed by atoms with van der Waals surface area (Å²) < 4.78 is 0. The molecule has 0 aliphatic carbocycles. The molecular formula is C14H13BClNO3. The van der Waals surface area contributed by atoms with Crippen molar-refractivity contribution >= 4 is 30.1 Å². The van der Waals surface area contributed by atoms with E-state index in [1.165, 1.54) is 12.1 Å². The standard InChI is InChI=1S/C14H13BClNO3/c16-13-3-1-2-10(8-13)9-17-14(18)11-4-6-12(7-5-11)15(19)20/h1-8,19-20H,9H2,(H,17,18). The van der Waals surface area contributed by atoms with Gasteiger partial charge in [0.1, 0.15) is 0 Å². The molecule has 0 unspecified atom stereocenters. The van der Waals surface area contributed by atoms with Gasteiger partial charge < -0.3 is 15.4 Å². The Balaban J connectivity index is 1.98. The van der Waals surface area contributed by atoms with Gasteiger partial charge in [0.15, 0.2) is 0 Å². The number of carbonyl (C=O) groups excluding carboxylic acids is 1. The zero-order valence-corrected chi connectivity index (χ0v) is 11.3. The summed E-state index contributed by atoms with van der Waals surface area (Å²) in [5.74, 6) is -0.232. The van der Waals surface area contributed by atoms with Gasteiger partial charge in [0.05, 0.1) is 0 Å². The molecule has 2 aromatic rings. The van der Waals surface area contributed by atoms with Gasteiger partial charge in [-0.15, -0.1) is 0 Å². The lowest BCUT2D eigenvalue weighted by atomic mass is 9.80. The van der Waals surface area contributed by atoms with Crippen molar-refractivity contribution in [1.82, 2.24) is 5.32 Å². The quantitative estimate of drug-likeness (QED) is 0.734. The first-order chi connectivity index (χ1) is 9.56. The first-order valence-corrected chi connectivity index (χ1v) is 6.43. The van der Waals surface area contributed by atoms with Crippen LogP contribution in [-0.2, 0) is 6.54 Å². The summed E-state index contributed by atoms with van der Waals surface area (Å²) in [5.41, 5.74) is 1.71. The van der Waals surface area contributed by atoms with Crippen LogP contribution in [0.15, 0.2) is 48.5 Å². The van der Waals surface area contributed by atoms with E-state index in [0.29, 0.717) is 22.6 Å². The molecule has 0 aliphatic heterocycles. The van der Waals surface area contributed by atoms with E-state index in [1.807, 2.05) is 12.1 Å². The summed E-state index contributed by atoms with van der Waals surface area (Å²) in [6.07, 6.45) is 0. The summed E-state index contributed by atoms with van der Waals surface area (Å²) >= 11 is 5.86. The van der Waals surface area contributed by atoms with E-state index < -0.39 is 7.12 Å². The third kappa shape index (κ3) is 3.84. The molecule has 6 heteroatoms. The lowest BCUT2D eigenvalue weighted by molar-refractivity contribution is 0.0951. The number of rotatable bonds is 4. The minimum Gasteiger partial charge on any atom is -0.423 e. The molecule has 4 nitrogen and oxygen atoms in total. The van der Waals surface area contributed by atoms with Crippen molar-refractivity contribution in [1.29, 1.82) is 0 Å². The van der Waals surface area contributed by atoms with Crippen LogP contribution in [0.1, 0.15) is 15.9 Å². The highest BCUT2D eigenvalue weighted by atomic mass is 35.5. The highest BCUT2D eigenvalue weighted by Crippen LogP contribution is 2.10. The molecule has 1 amide bonds. The number of hydrogen-bond acceptors (Lipinski definition) is 3. The van der Waals surface area contributed by atoms with Gasteiger partial charge >= 0.3 is 7.12 Å². The fourth-order valence-corrected chi connectivity index (χ4v) is 1.95. The normalized spacial score (nSPS) is 10.2. The van der Waals surface area contributed by atoms with Crippen LogP contribution in [0.2, 0.25) is 5.02 Å². The number of benzene rings is 2. The van der Waals surface area contributed by atoms with Crippen LogP contribution in [0.4, 0.5) is 0 Å². The van der Waals surface area contributed by atoms with Crippen LogP contribution in [0.5, 0.6) is 0 Å². The molecule has 0 heterocycles. The maximum Gasteiger partial charge on any atom is 0.488 e. The first kappa shape index (κ1) is 14.6. The van der Waals surface area contributed by atoms with E-state index >= 15 is 0 Å². The lowest BCUT2D eigenvalue weighted by Crippen LogP contribution is -2.30. The van der Waals surface area contributed by atoms with Crippen LogP contribution in [-0.4, -0.2) is 23.1 Å². The third-order valence-corrected chi connectivity index (χ3v) is 3.05. The Kier molecular flexibility index (Phi) is 4.79. The molecule has 0 aliphatic rings. The zero-order chi connectivity index (χ0) is 14.5. The van der Waals surface area contributed by atoms with Gasteiger partial charge in [0, 0.05) is 17.1 Å². The molecule has 20 heavy (non-hydrogen) atoms. The predicted molar refractivity (Wildman–Crippen MR) is 78.9 cm³/mol. The molecule has 0 atom stereocenters. The first-order valence-electron chi connectivity index (χ1n) is 6.05. The molecule has 2 aromatic carbocycles. The van der Waals surface area contributed by atoms with E-state index in [1.54, 1.807) is 24.3 Å². The molecule has 0 saturated heterocycles. The van der Waals surface area contributed by atoms with Crippen molar-refractivity contribution < 1.29 is 14.8 Å². The highest BCUT2D eigenvalue weighted by Gasteiger charge is 2.11. The van der Waals surface area contributed by atoms with Gasteiger partial charge in [-0.05, 0) is 35.3 Å². The van der Waals surface area contributed by atoms with Crippen LogP contribution in [0.3, 0.4) is 0 Å². The Morgan fingerprint density at radius 2 is 1.85 bits per heavy atom. The van der Waals surface area contributed by atoms with Crippen molar-refractivity contribution in [2.45, 2.75) is 6.54 Å². The molecule has 3 N–H and O–H groups in total. The summed E-state index contributed by atoms with van der Waals surface area (Å²) in [5, 5.41) is 21.3. The molecule has 0 aromatic heterocycles. The Labute approximate surface area is 122 Å². The number of halogens is 1. The van der Waals surface area contributed by atoms with Crippen LogP contribution < -0.4 is 10.8 Å². The molecule has 102 valence electrons. The Hall–Kier alpha value is -1.82. The second-order valence-electron chi connectivity index (χ2n) is 4.31. The maximum atomic E-state index is 11.9. The van der Waals surface area contributed by atoms with E-state index in [0.717, 1.165) is 5.56 Å². The topological polar surface area (TPSA) is 69.6 Å². The molecule has 0 radical (unpaired) electrons. The number of hydrogen-bond donors (Lipinski definition) is 3. The summed E-state index contributed by atoms with van der Waals surface area (Å²) in [6.45, 7) is 0.379. The average Bonchev–Trinajstić information content (AvgIpc) is 2.45. The largest absolute Gasteiger partial charge is 0.488 e. The van der Waals surface area contributed by atoms with Crippen molar-refractivity contribution in [3.63, 3.8) is 0 Å². The molecule has 0 saturated carbocycles. The minimum absolute atomic E-state index is 0.232. The molecule has 0 fully saturated rings. The van der Waals surface area contributed by atoms with E-state index in [9.17, 15) is 4.79 Å².